The largest absolute Gasteiger partial charge is 0.384 e. The summed E-state index contributed by atoms with van der Waals surface area (Å²) in [6, 6.07) is 6.12. The molecule has 0 amide bonds. The van der Waals surface area contributed by atoms with Crippen LogP contribution in [0.5, 0.6) is 0 Å². The van der Waals surface area contributed by atoms with Crippen molar-refractivity contribution in [1.82, 2.24) is 0 Å². The van der Waals surface area contributed by atoms with Crippen LogP contribution in [-0.4, -0.2) is 11.7 Å². The van der Waals surface area contributed by atoms with Crippen molar-refractivity contribution >= 4 is 0 Å². The number of aliphatic hydroxyl groups is 1. The number of rotatable bonds is 3. The Morgan fingerprint density at radius 1 is 1.33 bits per heavy atom. The highest BCUT2D eigenvalue weighted by Gasteiger charge is 2.32. The molecule has 0 aliphatic rings. The van der Waals surface area contributed by atoms with E-state index >= 15 is 0 Å². The minimum Gasteiger partial charge on any atom is -0.384 e. The van der Waals surface area contributed by atoms with Gasteiger partial charge in [0.05, 0.1) is 0 Å². The predicted octanol–water partition coefficient (Wildman–Crippen LogP) is 2.11. The summed E-state index contributed by atoms with van der Waals surface area (Å²) in [4.78, 5) is 0. The summed E-state index contributed by atoms with van der Waals surface area (Å²) in [5.74, 6) is 0.114. The molecule has 0 fully saturated rings. The third kappa shape index (κ3) is 2.21. The van der Waals surface area contributed by atoms with Crippen molar-refractivity contribution in [1.29, 1.82) is 0 Å². The molecule has 0 heterocycles. The number of benzene rings is 1. The lowest BCUT2D eigenvalue weighted by Gasteiger charge is -2.33. The van der Waals surface area contributed by atoms with E-state index in [-0.39, 0.29) is 12.5 Å². The number of aryl methyl sites for hydroxylation is 2. The SMILES string of the molecule is Cc1ccc(C)c(C(O)(CN)C(C)C)c1. The van der Waals surface area contributed by atoms with Gasteiger partial charge in [0.2, 0.25) is 0 Å². The second-order valence-corrected chi connectivity index (χ2v) is 4.60. The lowest BCUT2D eigenvalue weighted by molar-refractivity contribution is -0.00175. The minimum absolute atomic E-state index is 0.114. The van der Waals surface area contributed by atoms with Crippen LogP contribution in [0, 0.1) is 19.8 Å². The molecule has 2 nitrogen and oxygen atoms in total. The molecule has 0 saturated heterocycles. The summed E-state index contributed by atoms with van der Waals surface area (Å²) in [5.41, 5.74) is 8.02. The van der Waals surface area contributed by atoms with Crippen molar-refractivity contribution in [2.45, 2.75) is 33.3 Å². The molecular weight excluding hydrogens is 186 g/mol. The Balaban J connectivity index is 3.29. The van der Waals surface area contributed by atoms with Gasteiger partial charge in [-0.3, -0.25) is 0 Å². The monoisotopic (exact) mass is 207 g/mol. The zero-order valence-electron chi connectivity index (χ0n) is 10.0. The topological polar surface area (TPSA) is 46.2 Å². The molecule has 1 unspecified atom stereocenters. The zero-order chi connectivity index (χ0) is 11.6. The lowest BCUT2D eigenvalue weighted by Crippen LogP contribution is -2.40. The van der Waals surface area contributed by atoms with E-state index in [1.807, 2.05) is 39.8 Å². The average molecular weight is 207 g/mol. The third-order valence-corrected chi connectivity index (χ3v) is 3.13. The van der Waals surface area contributed by atoms with Crippen molar-refractivity contribution in [2.24, 2.45) is 11.7 Å². The van der Waals surface area contributed by atoms with E-state index in [1.165, 1.54) is 0 Å². The summed E-state index contributed by atoms with van der Waals surface area (Å²) < 4.78 is 0. The maximum Gasteiger partial charge on any atom is 0.104 e. The highest BCUT2D eigenvalue weighted by molar-refractivity contribution is 5.35. The second-order valence-electron chi connectivity index (χ2n) is 4.60. The van der Waals surface area contributed by atoms with Crippen molar-refractivity contribution in [3.05, 3.63) is 34.9 Å². The van der Waals surface area contributed by atoms with Gasteiger partial charge in [-0.1, -0.05) is 37.6 Å². The smallest absolute Gasteiger partial charge is 0.104 e. The van der Waals surface area contributed by atoms with Gasteiger partial charge in [-0.05, 0) is 30.9 Å². The first-order chi connectivity index (χ1) is 6.91. The van der Waals surface area contributed by atoms with Gasteiger partial charge in [0.25, 0.3) is 0 Å². The maximum atomic E-state index is 10.5. The number of nitrogens with two attached hydrogens (primary N) is 1. The summed E-state index contributed by atoms with van der Waals surface area (Å²) >= 11 is 0. The van der Waals surface area contributed by atoms with E-state index in [1.54, 1.807) is 0 Å². The number of hydrogen-bond donors (Lipinski definition) is 2. The summed E-state index contributed by atoms with van der Waals surface area (Å²) in [7, 11) is 0. The van der Waals surface area contributed by atoms with Gasteiger partial charge >= 0.3 is 0 Å². The van der Waals surface area contributed by atoms with Crippen LogP contribution in [0.15, 0.2) is 18.2 Å². The van der Waals surface area contributed by atoms with E-state index in [2.05, 4.69) is 6.07 Å². The molecule has 3 N–H and O–H groups in total. The summed E-state index contributed by atoms with van der Waals surface area (Å²) in [6.45, 7) is 8.29. The molecule has 0 aliphatic carbocycles. The molecule has 84 valence electrons. The first-order valence-corrected chi connectivity index (χ1v) is 5.42. The fourth-order valence-corrected chi connectivity index (χ4v) is 1.86. The highest BCUT2D eigenvalue weighted by Crippen LogP contribution is 2.31. The van der Waals surface area contributed by atoms with E-state index in [9.17, 15) is 5.11 Å². The van der Waals surface area contributed by atoms with Crippen LogP contribution in [-0.2, 0) is 5.60 Å². The first kappa shape index (κ1) is 12.2. The van der Waals surface area contributed by atoms with Gasteiger partial charge in [-0.25, -0.2) is 0 Å². The number of hydrogen-bond acceptors (Lipinski definition) is 2. The van der Waals surface area contributed by atoms with Crippen LogP contribution in [0.2, 0.25) is 0 Å². The van der Waals surface area contributed by atoms with Gasteiger partial charge in [0.1, 0.15) is 5.60 Å². The van der Waals surface area contributed by atoms with Gasteiger partial charge in [0, 0.05) is 6.54 Å². The maximum absolute atomic E-state index is 10.5. The van der Waals surface area contributed by atoms with Crippen LogP contribution < -0.4 is 5.73 Å². The fourth-order valence-electron chi connectivity index (χ4n) is 1.86. The Labute approximate surface area is 92.1 Å². The molecule has 0 aliphatic heterocycles. The highest BCUT2D eigenvalue weighted by atomic mass is 16.3. The molecule has 2 heteroatoms. The Hall–Kier alpha value is -0.860. The van der Waals surface area contributed by atoms with Gasteiger partial charge in [-0.15, -0.1) is 0 Å². The van der Waals surface area contributed by atoms with Crippen LogP contribution in [0.25, 0.3) is 0 Å². The Bertz CT molecular complexity index is 346. The first-order valence-electron chi connectivity index (χ1n) is 5.42. The molecule has 0 bridgehead atoms. The van der Waals surface area contributed by atoms with Crippen molar-refractivity contribution in [3.63, 3.8) is 0 Å². The van der Waals surface area contributed by atoms with Gasteiger partial charge < -0.3 is 10.8 Å². The molecule has 1 aromatic rings. The van der Waals surface area contributed by atoms with Crippen LogP contribution >= 0.6 is 0 Å². The van der Waals surface area contributed by atoms with E-state index in [4.69, 9.17) is 5.73 Å². The zero-order valence-corrected chi connectivity index (χ0v) is 10.0. The Morgan fingerprint density at radius 2 is 1.93 bits per heavy atom. The second kappa shape index (κ2) is 4.33. The third-order valence-electron chi connectivity index (χ3n) is 3.13. The van der Waals surface area contributed by atoms with Crippen molar-refractivity contribution < 1.29 is 5.11 Å². The van der Waals surface area contributed by atoms with Crippen LogP contribution in [0.3, 0.4) is 0 Å². The molecule has 0 saturated carbocycles. The summed E-state index contributed by atoms with van der Waals surface area (Å²) in [6.07, 6.45) is 0. The quantitative estimate of drug-likeness (QED) is 0.797. The molecule has 0 spiro atoms. The lowest BCUT2D eigenvalue weighted by atomic mass is 9.81. The molecule has 0 aromatic heterocycles. The van der Waals surface area contributed by atoms with Crippen LogP contribution in [0.1, 0.15) is 30.5 Å². The molecule has 1 rings (SSSR count). The Morgan fingerprint density at radius 3 is 2.40 bits per heavy atom. The van der Waals surface area contributed by atoms with Crippen LogP contribution in [0.4, 0.5) is 0 Å². The standard InChI is InChI=1S/C13H21NO/c1-9(2)13(15,8-14)12-7-10(3)5-6-11(12)4/h5-7,9,15H,8,14H2,1-4H3. The van der Waals surface area contributed by atoms with Gasteiger partial charge in [-0.2, -0.15) is 0 Å². The molecular formula is C13H21NO. The molecule has 1 aromatic carbocycles. The predicted molar refractivity (Wildman–Crippen MR) is 63.7 cm³/mol. The molecule has 1 atom stereocenters. The van der Waals surface area contributed by atoms with Gasteiger partial charge in [0.15, 0.2) is 0 Å². The Kier molecular flexibility index (Phi) is 3.53. The van der Waals surface area contributed by atoms with Crippen molar-refractivity contribution in [2.75, 3.05) is 6.54 Å². The fraction of sp³-hybridized carbons (Fsp3) is 0.538. The van der Waals surface area contributed by atoms with E-state index < -0.39 is 5.60 Å². The molecule has 0 radical (unpaired) electrons. The average Bonchev–Trinajstić information content (AvgIpc) is 2.20. The molecule has 15 heavy (non-hydrogen) atoms. The summed E-state index contributed by atoms with van der Waals surface area (Å²) in [5, 5.41) is 10.5. The van der Waals surface area contributed by atoms with E-state index in [0.29, 0.717) is 0 Å². The normalized spacial score (nSPS) is 15.4. The van der Waals surface area contributed by atoms with E-state index in [0.717, 1.165) is 16.7 Å². The minimum atomic E-state index is -0.907. The van der Waals surface area contributed by atoms with Crippen molar-refractivity contribution in [3.8, 4) is 0 Å².